The summed E-state index contributed by atoms with van der Waals surface area (Å²) in [6.45, 7) is 1.97. The third kappa shape index (κ3) is 4.79. The normalized spacial score (nSPS) is 28.8. The molecule has 6 atom stereocenters. The first kappa shape index (κ1) is 20.5. The van der Waals surface area contributed by atoms with Crippen LogP contribution in [0.15, 0.2) is 42.5 Å². The van der Waals surface area contributed by atoms with E-state index in [2.05, 4.69) is 0 Å². The zero-order valence-electron chi connectivity index (χ0n) is 16.0. The molecule has 2 aliphatic rings. The topological polar surface area (TPSA) is 72.8 Å². The minimum Gasteiger partial charge on any atom is -0.462 e. The highest BCUT2D eigenvalue weighted by Crippen LogP contribution is 2.43. The van der Waals surface area contributed by atoms with Gasteiger partial charge in [0.05, 0.1) is 12.0 Å². The van der Waals surface area contributed by atoms with Gasteiger partial charge in [0.25, 0.3) is 0 Å². The molecule has 0 aromatic heterocycles. The van der Waals surface area contributed by atoms with Crippen LogP contribution in [-0.2, 0) is 14.3 Å². The highest BCUT2D eigenvalue weighted by Gasteiger charge is 2.50. The highest BCUT2D eigenvalue weighted by atomic mass is 19.1. The summed E-state index contributed by atoms with van der Waals surface area (Å²) in [6.07, 6.45) is 2.31. The maximum Gasteiger partial charge on any atom is 0.338 e. The Kier molecular flexibility index (Phi) is 6.83. The summed E-state index contributed by atoms with van der Waals surface area (Å²) >= 11 is 0. The number of hydrogen-bond donors (Lipinski definition) is 1. The quantitative estimate of drug-likeness (QED) is 0.542. The first-order chi connectivity index (χ1) is 13.5. The van der Waals surface area contributed by atoms with Gasteiger partial charge in [0.2, 0.25) is 0 Å². The molecule has 1 unspecified atom stereocenters. The molecule has 0 amide bonds. The average molecular weight is 390 g/mol. The van der Waals surface area contributed by atoms with Gasteiger partial charge in [-0.15, -0.1) is 0 Å². The van der Waals surface area contributed by atoms with Gasteiger partial charge in [-0.25, -0.2) is 9.18 Å². The standard InChI is InChI=1S/C22H27FO5/c1-2-3-9-17(23)18(24)11-10-15-16-12-21(25)27-20(16)13-19(15)28-22(26)14-7-5-4-6-8-14/h4-8,10-11,15-20,24H,2-3,9,12-13H2,1H3/t15-,16-,17?,18-,19-,20+/m1/s1. The molecule has 1 aliphatic heterocycles. The Hall–Kier alpha value is -2.21. The molecule has 2 fully saturated rings. The molecule has 1 heterocycles. The number of ether oxygens (including phenoxy) is 2. The van der Waals surface area contributed by atoms with Crippen molar-refractivity contribution in [3.8, 4) is 0 Å². The van der Waals surface area contributed by atoms with Crippen molar-refractivity contribution >= 4 is 11.9 Å². The molecule has 5 nitrogen and oxygen atoms in total. The maximum atomic E-state index is 14.1. The Bertz CT molecular complexity index is 704. The Morgan fingerprint density at radius 3 is 2.86 bits per heavy atom. The van der Waals surface area contributed by atoms with Crippen molar-refractivity contribution < 1.29 is 28.6 Å². The van der Waals surface area contributed by atoms with Crippen molar-refractivity contribution in [2.24, 2.45) is 11.8 Å². The third-order valence-corrected chi connectivity index (χ3v) is 5.55. The second-order valence-electron chi connectivity index (χ2n) is 7.55. The number of halogens is 1. The first-order valence-electron chi connectivity index (χ1n) is 9.95. The summed E-state index contributed by atoms with van der Waals surface area (Å²) in [5, 5.41) is 10.1. The maximum absolute atomic E-state index is 14.1. The molecular formula is C22H27FO5. The monoisotopic (exact) mass is 390 g/mol. The van der Waals surface area contributed by atoms with Gasteiger partial charge < -0.3 is 14.6 Å². The predicted octanol–water partition coefficient (Wildman–Crippen LogP) is 3.61. The summed E-state index contributed by atoms with van der Waals surface area (Å²) in [6, 6.07) is 8.68. The lowest BCUT2D eigenvalue weighted by Gasteiger charge is -2.21. The molecular weight excluding hydrogens is 363 g/mol. The molecule has 28 heavy (non-hydrogen) atoms. The van der Waals surface area contributed by atoms with Crippen LogP contribution in [0.5, 0.6) is 0 Å². The average Bonchev–Trinajstić information content (AvgIpc) is 3.20. The van der Waals surface area contributed by atoms with E-state index in [4.69, 9.17) is 9.47 Å². The summed E-state index contributed by atoms with van der Waals surface area (Å²) in [5.74, 6) is -1.13. The Balaban J connectivity index is 1.69. The number of aliphatic hydroxyl groups is 1. The first-order valence-corrected chi connectivity index (χ1v) is 9.95. The van der Waals surface area contributed by atoms with Crippen molar-refractivity contribution in [2.45, 2.75) is 63.5 Å². The van der Waals surface area contributed by atoms with Gasteiger partial charge >= 0.3 is 11.9 Å². The molecule has 1 aliphatic carbocycles. The Morgan fingerprint density at radius 1 is 1.39 bits per heavy atom. The number of rotatable bonds is 8. The van der Waals surface area contributed by atoms with Crippen LogP contribution in [0, 0.1) is 11.8 Å². The van der Waals surface area contributed by atoms with Crippen LogP contribution in [-0.4, -0.2) is 41.5 Å². The fourth-order valence-corrected chi connectivity index (χ4v) is 4.00. The van der Waals surface area contributed by atoms with Gasteiger partial charge in [0.15, 0.2) is 0 Å². The van der Waals surface area contributed by atoms with E-state index in [1.165, 1.54) is 6.08 Å². The molecule has 1 N–H and O–H groups in total. The molecule has 1 saturated heterocycles. The molecule has 1 aromatic rings. The number of benzene rings is 1. The van der Waals surface area contributed by atoms with Gasteiger partial charge in [-0.05, 0) is 18.6 Å². The van der Waals surface area contributed by atoms with Crippen LogP contribution in [0.2, 0.25) is 0 Å². The molecule has 152 valence electrons. The van der Waals surface area contributed by atoms with E-state index in [1.54, 1.807) is 30.3 Å². The van der Waals surface area contributed by atoms with Crippen LogP contribution < -0.4 is 0 Å². The number of esters is 2. The van der Waals surface area contributed by atoms with E-state index in [0.717, 1.165) is 6.42 Å². The van der Waals surface area contributed by atoms with Crippen LogP contribution >= 0.6 is 0 Å². The molecule has 0 radical (unpaired) electrons. The largest absolute Gasteiger partial charge is 0.462 e. The minimum absolute atomic E-state index is 0.127. The van der Waals surface area contributed by atoms with E-state index in [0.29, 0.717) is 24.8 Å². The third-order valence-electron chi connectivity index (χ3n) is 5.55. The summed E-state index contributed by atoms with van der Waals surface area (Å²) < 4.78 is 25.1. The van der Waals surface area contributed by atoms with Crippen molar-refractivity contribution in [2.75, 3.05) is 0 Å². The number of fused-ring (bicyclic) bond motifs is 1. The van der Waals surface area contributed by atoms with Crippen LogP contribution in [0.3, 0.4) is 0 Å². The second-order valence-corrected chi connectivity index (χ2v) is 7.55. The van der Waals surface area contributed by atoms with Crippen molar-refractivity contribution in [1.82, 2.24) is 0 Å². The lowest BCUT2D eigenvalue weighted by molar-refractivity contribution is -0.141. The van der Waals surface area contributed by atoms with Gasteiger partial charge in [-0.3, -0.25) is 4.79 Å². The SMILES string of the molecule is CCCCC(F)[C@H](O)C=C[C@@H]1[C@H]2CC(=O)O[C@H]2C[C@H]1OC(=O)c1ccccc1. The summed E-state index contributed by atoms with van der Waals surface area (Å²) in [7, 11) is 0. The van der Waals surface area contributed by atoms with Crippen LogP contribution in [0.1, 0.15) is 49.4 Å². The Labute approximate surface area is 164 Å². The molecule has 1 aromatic carbocycles. The molecule has 0 spiro atoms. The number of unbranched alkanes of at least 4 members (excludes halogenated alkanes) is 1. The fourth-order valence-electron chi connectivity index (χ4n) is 4.00. The Morgan fingerprint density at radius 2 is 2.14 bits per heavy atom. The van der Waals surface area contributed by atoms with Crippen LogP contribution in [0.25, 0.3) is 0 Å². The number of hydrogen-bond acceptors (Lipinski definition) is 5. The zero-order valence-corrected chi connectivity index (χ0v) is 16.0. The van der Waals surface area contributed by atoms with E-state index in [1.807, 2.05) is 13.0 Å². The minimum atomic E-state index is -1.33. The summed E-state index contributed by atoms with van der Waals surface area (Å²) in [4.78, 5) is 24.1. The second kappa shape index (κ2) is 9.32. The van der Waals surface area contributed by atoms with E-state index in [9.17, 15) is 19.1 Å². The molecule has 6 heteroatoms. The molecule has 0 bridgehead atoms. The van der Waals surface area contributed by atoms with Crippen LogP contribution in [0.4, 0.5) is 4.39 Å². The highest BCUT2D eigenvalue weighted by molar-refractivity contribution is 5.89. The lowest BCUT2D eigenvalue weighted by Crippen LogP contribution is -2.26. The number of alkyl halides is 1. The van der Waals surface area contributed by atoms with E-state index >= 15 is 0 Å². The van der Waals surface area contributed by atoms with Crippen molar-refractivity contribution in [1.29, 1.82) is 0 Å². The lowest BCUT2D eigenvalue weighted by atomic mass is 9.91. The number of carbonyl (C=O) groups excluding carboxylic acids is 2. The van der Waals surface area contributed by atoms with E-state index < -0.39 is 24.3 Å². The summed E-state index contributed by atoms with van der Waals surface area (Å²) in [5.41, 5.74) is 0.447. The van der Waals surface area contributed by atoms with E-state index in [-0.39, 0.29) is 30.3 Å². The van der Waals surface area contributed by atoms with Gasteiger partial charge in [-0.1, -0.05) is 50.1 Å². The smallest absolute Gasteiger partial charge is 0.338 e. The number of carbonyl (C=O) groups is 2. The van der Waals surface area contributed by atoms with Gasteiger partial charge in [0, 0.05) is 18.3 Å². The molecule has 3 rings (SSSR count). The van der Waals surface area contributed by atoms with Crippen molar-refractivity contribution in [3.63, 3.8) is 0 Å². The van der Waals surface area contributed by atoms with Crippen molar-refractivity contribution in [3.05, 3.63) is 48.0 Å². The van der Waals surface area contributed by atoms with Gasteiger partial charge in [0.1, 0.15) is 24.5 Å². The predicted molar refractivity (Wildman–Crippen MR) is 101 cm³/mol. The van der Waals surface area contributed by atoms with Gasteiger partial charge in [-0.2, -0.15) is 0 Å². The molecule has 1 saturated carbocycles. The fraction of sp³-hybridized carbons (Fsp3) is 0.545. The zero-order chi connectivity index (χ0) is 20.1. The number of aliphatic hydroxyl groups excluding tert-OH is 1.